The Balaban J connectivity index is 1.61. The minimum absolute atomic E-state index is 0.0559. The van der Waals surface area contributed by atoms with Gasteiger partial charge in [0.05, 0.1) is 23.9 Å². The van der Waals surface area contributed by atoms with Gasteiger partial charge < -0.3 is 24.8 Å². The molecule has 1 aliphatic heterocycles. The largest absolute Gasteiger partial charge is 0.390 e. The van der Waals surface area contributed by atoms with Crippen molar-refractivity contribution in [1.82, 2.24) is 4.90 Å². The molecule has 0 unspecified atom stereocenters. The van der Waals surface area contributed by atoms with Gasteiger partial charge in [0.25, 0.3) is 0 Å². The number of rotatable bonds is 3. The predicted molar refractivity (Wildman–Crippen MR) is 106 cm³/mol. The van der Waals surface area contributed by atoms with Crippen LogP contribution in [0.3, 0.4) is 0 Å². The van der Waals surface area contributed by atoms with Crippen LogP contribution < -0.4 is 0 Å². The monoisotopic (exact) mass is 407 g/mol. The molecule has 7 bridgehead atoms. The molecule has 1 saturated heterocycles. The van der Waals surface area contributed by atoms with Gasteiger partial charge in [-0.2, -0.15) is 0 Å². The zero-order chi connectivity index (χ0) is 20.6. The molecule has 0 radical (unpaired) electrons. The van der Waals surface area contributed by atoms with E-state index in [9.17, 15) is 15.3 Å². The summed E-state index contributed by atoms with van der Waals surface area (Å²) in [5.41, 5.74) is -2.16. The van der Waals surface area contributed by atoms with Gasteiger partial charge in [-0.3, -0.25) is 4.90 Å². The second-order valence-electron chi connectivity index (χ2n) is 11.5. The lowest BCUT2D eigenvalue weighted by molar-refractivity contribution is -0.279. The molecule has 0 aromatic rings. The van der Waals surface area contributed by atoms with Crippen molar-refractivity contribution < 1.29 is 24.8 Å². The Morgan fingerprint density at radius 2 is 1.76 bits per heavy atom. The fourth-order valence-electron chi connectivity index (χ4n) is 10.3. The van der Waals surface area contributed by atoms with Gasteiger partial charge in [-0.05, 0) is 49.5 Å². The maximum Gasteiger partial charge on any atom is 0.117 e. The molecule has 6 heteroatoms. The lowest BCUT2D eigenvalue weighted by Gasteiger charge is -2.69. The van der Waals surface area contributed by atoms with E-state index >= 15 is 0 Å². The number of hydrogen-bond donors (Lipinski definition) is 3. The first-order valence-electron chi connectivity index (χ1n) is 11.6. The van der Waals surface area contributed by atoms with Crippen LogP contribution in [-0.2, 0) is 9.47 Å². The van der Waals surface area contributed by atoms with Gasteiger partial charge in [0, 0.05) is 50.5 Å². The minimum Gasteiger partial charge on any atom is -0.390 e. The lowest BCUT2D eigenvalue weighted by Crippen LogP contribution is -2.76. The van der Waals surface area contributed by atoms with Crippen LogP contribution in [0.15, 0.2) is 0 Å². The average Bonchev–Trinajstić information content (AvgIpc) is 3.08. The molecule has 6 aliphatic rings. The zero-order valence-corrected chi connectivity index (χ0v) is 18.2. The maximum atomic E-state index is 12.3. The highest BCUT2D eigenvalue weighted by molar-refractivity contribution is 5.35. The van der Waals surface area contributed by atoms with Crippen LogP contribution in [0.1, 0.15) is 46.0 Å². The highest BCUT2D eigenvalue weighted by Gasteiger charge is 2.85. The lowest BCUT2D eigenvalue weighted by atomic mass is 9.43. The van der Waals surface area contributed by atoms with E-state index in [0.29, 0.717) is 18.8 Å². The Kier molecular flexibility index (Phi) is 3.73. The summed E-state index contributed by atoms with van der Waals surface area (Å²) in [4.78, 5) is 2.62. The maximum absolute atomic E-state index is 12.3. The molecule has 5 saturated carbocycles. The van der Waals surface area contributed by atoms with E-state index in [2.05, 4.69) is 18.7 Å². The normalized spacial score (nSPS) is 65.1. The molecule has 164 valence electrons. The summed E-state index contributed by atoms with van der Waals surface area (Å²) in [6.07, 6.45) is 2.78. The number of ether oxygens (including phenoxy) is 2. The number of aliphatic hydroxyl groups is 3. The van der Waals surface area contributed by atoms with Crippen LogP contribution >= 0.6 is 0 Å². The van der Waals surface area contributed by atoms with Gasteiger partial charge in [0.1, 0.15) is 5.60 Å². The van der Waals surface area contributed by atoms with E-state index < -0.39 is 23.4 Å². The number of fused-ring (bicyclic) bond motifs is 2. The second kappa shape index (κ2) is 5.57. The van der Waals surface area contributed by atoms with E-state index in [1.165, 1.54) is 0 Å². The van der Waals surface area contributed by atoms with Crippen LogP contribution in [0.4, 0.5) is 0 Å². The van der Waals surface area contributed by atoms with Gasteiger partial charge in [-0.15, -0.1) is 0 Å². The van der Waals surface area contributed by atoms with Gasteiger partial charge in [-0.25, -0.2) is 0 Å². The summed E-state index contributed by atoms with van der Waals surface area (Å²) >= 11 is 0. The van der Waals surface area contributed by atoms with Crippen molar-refractivity contribution in [2.24, 2.45) is 34.5 Å². The number of methoxy groups -OCH3 is 2. The third kappa shape index (κ3) is 1.81. The second-order valence-corrected chi connectivity index (χ2v) is 11.5. The molecule has 29 heavy (non-hydrogen) atoms. The van der Waals surface area contributed by atoms with Crippen molar-refractivity contribution >= 4 is 0 Å². The molecule has 1 spiro atoms. The van der Waals surface area contributed by atoms with Crippen molar-refractivity contribution in [3.05, 3.63) is 0 Å². The van der Waals surface area contributed by atoms with E-state index in [1.807, 2.05) is 7.11 Å². The van der Waals surface area contributed by atoms with E-state index in [4.69, 9.17) is 9.47 Å². The number of nitrogens with zero attached hydrogens (tertiary/aromatic N) is 1. The first-order valence-corrected chi connectivity index (χ1v) is 11.6. The molecule has 1 heterocycles. The van der Waals surface area contributed by atoms with Crippen LogP contribution in [0.5, 0.6) is 0 Å². The van der Waals surface area contributed by atoms with Crippen molar-refractivity contribution in [3.63, 3.8) is 0 Å². The SMILES string of the molecule is CCN1C[C@]2(C)CC[C@H](OC)[C@@]34[C@@H]5C[C@]6(O)[C@@H](OC)C[C@@](O)([C@H]5[C@H]6O)[C@@H](C[C@H]23)[C@@H]14. The summed E-state index contributed by atoms with van der Waals surface area (Å²) in [5, 5.41) is 35.2. The third-order valence-corrected chi connectivity index (χ3v) is 11.1. The van der Waals surface area contributed by atoms with Crippen LogP contribution in [0, 0.1) is 34.5 Å². The smallest absolute Gasteiger partial charge is 0.117 e. The summed E-state index contributed by atoms with van der Waals surface area (Å²) in [6.45, 7) is 6.73. The van der Waals surface area contributed by atoms with Gasteiger partial charge >= 0.3 is 0 Å². The first-order chi connectivity index (χ1) is 13.7. The summed E-state index contributed by atoms with van der Waals surface area (Å²) in [7, 11) is 3.44. The number of aliphatic hydroxyl groups excluding tert-OH is 1. The standard InChI is InChI=1S/C23H37NO5/c1-5-24-11-20(2)7-6-15(28-3)23-13-9-22(27)16(29-4)10-21(26,17(13)19(22)25)12(18(23)24)8-14(20)23/h12-19,25-27H,5-11H2,1-4H3/t12-,13+,14+,15-,16-,17+,18+,19+,20-,21-,22-,23+/m0/s1. The van der Waals surface area contributed by atoms with Gasteiger partial charge in [-0.1, -0.05) is 13.8 Å². The van der Waals surface area contributed by atoms with Crippen molar-refractivity contribution in [2.45, 2.75) is 81.5 Å². The molecule has 6 rings (SSSR count). The van der Waals surface area contributed by atoms with Crippen molar-refractivity contribution in [1.29, 1.82) is 0 Å². The molecular weight excluding hydrogens is 370 g/mol. The van der Waals surface area contributed by atoms with Crippen LogP contribution in [0.25, 0.3) is 0 Å². The zero-order valence-electron chi connectivity index (χ0n) is 18.2. The third-order valence-electron chi connectivity index (χ3n) is 11.1. The van der Waals surface area contributed by atoms with Gasteiger partial charge in [0.15, 0.2) is 0 Å². The summed E-state index contributed by atoms with van der Waals surface area (Å²) in [6, 6.07) is 0.257. The number of hydrogen-bond acceptors (Lipinski definition) is 6. The van der Waals surface area contributed by atoms with Crippen LogP contribution in [0.2, 0.25) is 0 Å². The quantitative estimate of drug-likeness (QED) is 0.648. The van der Waals surface area contributed by atoms with Gasteiger partial charge in [0.2, 0.25) is 0 Å². The molecule has 6 fully saturated rings. The Hall–Kier alpha value is -0.240. The van der Waals surface area contributed by atoms with Crippen molar-refractivity contribution in [2.75, 3.05) is 27.3 Å². The first kappa shape index (κ1) is 19.4. The molecule has 12 atom stereocenters. The Morgan fingerprint density at radius 3 is 2.41 bits per heavy atom. The molecule has 0 aromatic heterocycles. The highest BCUT2D eigenvalue weighted by Crippen LogP contribution is 2.79. The Labute approximate surface area is 173 Å². The number of piperidine rings is 1. The summed E-state index contributed by atoms with van der Waals surface area (Å²) < 4.78 is 11.9. The molecular formula is C23H37NO5. The summed E-state index contributed by atoms with van der Waals surface area (Å²) in [5.74, 6) is 0.338. The topological polar surface area (TPSA) is 82.4 Å². The Morgan fingerprint density at radius 1 is 1.03 bits per heavy atom. The fraction of sp³-hybridized carbons (Fsp3) is 1.00. The van der Waals surface area contributed by atoms with E-state index in [-0.39, 0.29) is 40.7 Å². The minimum atomic E-state index is -1.27. The Bertz CT molecular complexity index is 734. The van der Waals surface area contributed by atoms with Crippen molar-refractivity contribution in [3.8, 4) is 0 Å². The average molecular weight is 408 g/mol. The van der Waals surface area contributed by atoms with E-state index in [0.717, 1.165) is 32.4 Å². The number of likely N-dealkylation sites (tertiary alicyclic amines) is 1. The fourth-order valence-corrected chi connectivity index (χ4v) is 10.3. The molecule has 0 aromatic carbocycles. The van der Waals surface area contributed by atoms with E-state index in [1.54, 1.807) is 7.11 Å². The highest BCUT2D eigenvalue weighted by atomic mass is 16.5. The predicted octanol–water partition coefficient (Wildman–Crippen LogP) is 1.02. The molecule has 6 nitrogen and oxygen atoms in total. The molecule has 0 amide bonds. The molecule has 3 N–H and O–H groups in total. The molecule has 5 aliphatic carbocycles. The van der Waals surface area contributed by atoms with Crippen LogP contribution in [-0.4, -0.2) is 83.1 Å².